The van der Waals surface area contributed by atoms with Gasteiger partial charge in [0.15, 0.2) is 5.96 Å². The number of nitrogens with two attached hydrogens (primary N) is 4. The number of aliphatic imine (C=N–C) groups is 1. The number of nitrogens with one attached hydrogen (secondary N) is 10. The molecule has 1 aliphatic heterocycles. The number of benzene rings is 4. The van der Waals surface area contributed by atoms with Gasteiger partial charge in [0.2, 0.25) is 65.0 Å². The van der Waals surface area contributed by atoms with Crippen LogP contribution in [0.3, 0.4) is 0 Å². The van der Waals surface area contributed by atoms with E-state index in [1.165, 1.54) is 55.4 Å². The van der Waals surface area contributed by atoms with Crippen LogP contribution in [0.2, 0.25) is 5.02 Å². The number of likely N-dealkylation sites (tertiary alicyclic amines) is 1. The molecule has 1 aliphatic rings. The highest BCUT2D eigenvalue weighted by Crippen LogP contribution is 2.22. The second-order valence-electron chi connectivity index (χ2n) is 25.4. The number of aliphatic hydroxyl groups is 1. The fourth-order valence-electron chi connectivity index (χ4n) is 11.4. The minimum Gasteiger partial charge on any atom is -0.508 e. The second-order valence-corrected chi connectivity index (χ2v) is 25.8. The van der Waals surface area contributed by atoms with E-state index in [1.807, 2.05) is 42.5 Å². The summed E-state index contributed by atoms with van der Waals surface area (Å²) < 4.78 is 0. The number of hydrogen-bond donors (Lipinski definition) is 16. The third-order valence-electron chi connectivity index (χ3n) is 16.7. The van der Waals surface area contributed by atoms with Crippen molar-refractivity contribution < 1.29 is 67.7 Å². The van der Waals surface area contributed by atoms with Gasteiger partial charge >= 0.3 is 6.03 Å². The molecule has 0 bridgehead atoms. The van der Waals surface area contributed by atoms with Gasteiger partial charge in [0.1, 0.15) is 66.2 Å². The number of halogens is 1. The van der Waals surface area contributed by atoms with Gasteiger partial charge in [-0.25, -0.2) is 4.79 Å². The normalized spacial score (nSPS) is 15.2. The maximum atomic E-state index is 14.9. The zero-order valence-corrected chi connectivity index (χ0v) is 58.0. The number of nitrogens with zero attached hydrogens (tertiary/aromatic N) is 3. The fraction of sp³-hybridized carbons (Fsp3) is 0.429. The van der Waals surface area contributed by atoms with Crippen LogP contribution in [0.25, 0.3) is 10.8 Å². The monoisotopic (exact) mass is 1430 g/mol. The maximum Gasteiger partial charge on any atom is 0.312 e. The first-order chi connectivity index (χ1) is 48.6. The molecule has 0 spiro atoms. The summed E-state index contributed by atoms with van der Waals surface area (Å²) in [5.41, 5.74) is 23.9. The van der Waals surface area contributed by atoms with Gasteiger partial charge in [-0.05, 0) is 121 Å². The first-order valence-electron chi connectivity index (χ1n) is 33.5. The Balaban J connectivity index is 1.26. The molecule has 1 aromatic heterocycles. The van der Waals surface area contributed by atoms with Crippen LogP contribution in [0.15, 0.2) is 121 Å². The molecule has 1 fully saturated rings. The number of urea groups is 1. The van der Waals surface area contributed by atoms with Crippen LogP contribution in [0.4, 0.5) is 4.79 Å². The van der Waals surface area contributed by atoms with E-state index in [4.69, 9.17) is 34.5 Å². The van der Waals surface area contributed by atoms with E-state index in [0.29, 0.717) is 33.7 Å². The van der Waals surface area contributed by atoms with E-state index in [0.717, 1.165) is 10.8 Å². The summed E-state index contributed by atoms with van der Waals surface area (Å²) in [6.45, 7) is 5.15. The van der Waals surface area contributed by atoms with E-state index < -0.39 is 138 Å². The molecule has 32 heteroatoms. The summed E-state index contributed by atoms with van der Waals surface area (Å²) in [7, 11) is 0. The van der Waals surface area contributed by atoms with Gasteiger partial charge in [0, 0.05) is 69.7 Å². The summed E-state index contributed by atoms with van der Waals surface area (Å²) in [5.74, 6) is -9.82. The molecule has 102 heavy (non-hydrogen) atoms. The topological polar surface area (TPSA) is 498 Å². The Morgan fingerprint density at radius 1 is 0.569 bits per heavy atom. The van der Waals surface area contributed by atoms with Crippen LogP contribution in [-0.4, -0.2) is 184 Å². The quantitative estimate of drug-likeness (QED) is 0.0132. The van der Waals surface area contributed by atoms with Crippen molar-refractivity contribution in [2.24, 2.45) is 33.8 Å². The number of rotatable bonds is 38. The molecule has 5 aromatic rings. The SMILES string of the molecule is CC(=O)N[C@H](Cc1ccc2ccccc2c1)C(=O)N[C@@H](Cc1ccc(Cl)cc1)C(=O)N[C@H](Cc1cccnc1)C(=O)N[C@H](CO)C(=O)N[C@H](Cc1ccc(O)cc1)C(=O)N[C@@H](CCCNC(N)=O)C(=O)N[C@H](CC(C)C)C(=O)N[C@@H](CCCN=C(N)N)C(=O)N1CCC[C@H]1C(=O)N[C@H](C)C(N)=O. The molecule has 13 amide bonds. The predicted molar refractivity (Wildman–Crippen MR) is 378 cm³/mol. The average Bonchev–Trinajstić information content (AvgIpc) is 1.13. The van der Waals surface area contributed by atoms with Crippen LogP contribution in [0.1, 0.15) is 94.9 Å². The molecule has 2 heterocycles. The highest BCUT2D eigenvalue weighted by molar-refractivity contribution is 6.30. The third kappa shape index (κ3) is 26.0. The molecule has 0 saturated carbocycles. The molecule has 0 unspecified atom stereocenters. The fourth-order valence-corrected chi connectivity index (χ4v) is 11.5. The number of carbonyl (C=O) groups excluding carboxylic acids is 12. The molecule has 548 valence electrons. The summed E-state index contributed by atoms with van der Waals surface area (Å²) in [6, 6.07) is 13.5. The Bertz CT molecular complexity index is 3770. The molecule has 1 saturated heterocycles. The van der Waals surface area contributed by atoms with Gasteiger partial charge in [-0.1, -0.05) is 98.2 Å². The number of pyridine rings is 1. The van der Waals surface area contributed by atoms with Crippen molar-refractivity contribution in [1.29, 1.82) is 0 Å². The van der Waals surface area contributed by atoms with Crippen molar-refractivity contribution in [3.05, 3.63) is 143 Å². The van der Waals surface area contributed by atoms with Gasteiger partial charge in [-0.15, -0.1) is 0 Å². The van der Waals surface area contributed by atoms with E-state index >= 15 is 0 Å². The maximum absolute atomic E-state index is 14.9. The Morgan fingerprint density at radius 2 is 1.07 bits per heavy atom. The number of guanidine groups is 1. The molecule has 4 aromatic carbocycles. The van der Waals surface area contributed by atoms with Gasteiger partial charge in [-0.3, -0.25) is 62.7 Å². The van der Waals surface area contributed by atoms with Gasteiger partial charge in [0.05, 0.1) is 6.61 Å². The van der Waals surface area contributed by atoms with Crippen molar-refractivity contribution in [1.82, 2.24) is 63.1 Å². The third-order valence-corrected chi connectivity index (χ3v) is 16.9. The number of phenols is 1. The second kappa shape index (κ2) is 39.7. The molecular weight excluding hydrogens is 1340 g/mol. The summed E-state index contributed by atoms with van der Waals surface area (Å²) in [4.78, 5) is 176. The Kier molecular flexibility index (Phi) is 31.2. The van der Waals surface area contributed by atoms with E-state index in [1.54, 1.807) is 50.2 Å². The summed E-state index contributed by atoms with van der Waals surface area (Å²) in [5, 5.41) is 49.5. The van der Waals surface area contributed by atoms with Crippen LogP contribution in [0, 0.1) is 5.92 Å². The number of fused-ring (bicyclic) bond motifs is 1. The number of carbonyl (C=O) groups is 12. The molecular formula is C70H92ClN17O14. The molecule has 0 aliphatic carbocycles. The van der Waals surface area contributed by atoms with Crippen molar-refractivity contribution in [2.75, 3.05) is 26.2 Å². The van der Waals surface area contributed by atoms with Crippen LogP contribution in [-0.2, 0) is 78.4 Å². The number of aromatic nitrogens is 1. The van der Waals surface area contributed by atoms with Crippen molar-refractivity contribution in [3.63, 3.8) is 0 Å². The highest BCUT2D eigenvalue weighted by atomic mass is 35.5. The first-order valence-corrected chi connectivity index (χ1v) is 33.8. The molecule has 20 N–H and O–H groups in total. The number of amides is 13. The lowest BCUT2D eigenvalue weighted by Crippen LogP contribution is -2.61. The minimum atomic E-state index is -1.85. The van der Waals surface area contributed by atoms with Gasteiger partial charge in [-0.2, -0.15) is 0 Å². The molecule has 10 atom stereocenters. The minimum absolute atomic E-state index is 0.000209. The lowest BCUT2D eigenvalue weighted by atomic mass is 9.99. The van der Waals surface area contributed by atoms with Crippen LogP contribution in [0.5, 0.6) is 5.75 Å². The lowest BCUT2D eigenvalue weighted by Gasteiger charge is -2.31. The van der Waals surface area contributed by atoms with E-state index in [2.05, 4.69) is 63.1 Å². The zero-order valence-electron chi connectivity index (χ0n) is 57.2. The Morgan fingerprint density at radius 3 is 1.63 bits per heavy atom. The average molecular weight is 1430 g/mol. The molecule has 31 nitrogen and oxygen atoms in total. The smallest absolute Gasteiger partial charge is 0.312 e. The highest BCUT2D eigenvalue weighted by Gasteiger charge is 2.40. The first kappa shape index (κ1) is 80.0. The summed E-state index contributed by atoms with van der Waals surface area (Å²) >= 11 is 6.23. The van der Waals surface area contributed by atoms with E-state index in [-0.39, 0.29) is 101 Å². The van der Waals surface area contributed by atoms with Crippen LogP contribution >= 0.6 is 11.6 Å². The Hall–Kier alpha value is -10.9. The Labute approximate surface area is 595 Å². The molecule has 6 rings (SSSR count). The standard InChI is InChI=1S/C70H92ClN17O14/c1-39(2)31-52(61(94)82-51(15-9-28-77-69(73)74)68(101)88-30-10-16-58(88)67(100)79-40(3)59(72)92)83-60(93)50(14-8-29-78-70(75)102)81-63(96)54(34-43-20-25-49(91)26-21-43)86-66(99)57(38-89)87-65(98)56(36-45-11-7-27-76-37-45)85-64(97)55(33-42-18-23-48(71)24-19-42)84-62(95)53(80-41(4)90)35-44-17-22-46-12-5-6-13-47(46)32-44/h5-7,11-13,17-27,32,37,39-40,50-58,89,91H,8-10,14-16,28-31,33-36,38H2,1-4H3,(H2,72,92)(H,79,100)(H,80,90)(H,81,96)(H,82,94)(H,83,93)(H,84,95)(H,85,97)(H,86,99)(H,87,98)(H4,73,74,77)(H3,75,78,102)/t40-,50+,51+,52-,53-,54-,55+,56-,57-,58+/m1/s1. The van der Waals surface area contributed by atoms with Crippen molar-refractivity contribution in [2.45, 2.75) is 159 Å². The van der Waals surface area contributed by atoms with Crippen molar-refractivity contribution in [3.8, 4) is 5.75 Å². The van der Waals surface area contributed by atoms with Gasteiger partial charge < -0.3 is 91.2 Å². The molecule has 0 radical (unpaired) electrons. The van der Waals surface area contributed by atoms with Crippen molar-refractivity contribution >= 4 is 99.3 Å². The number of hydrogen-bond acceptors (Lipinski definition) is 16. The lowest BCUT2D eigenvalue weighted by molar-refractivity contribution is -0.142. The zero-order chi connectivity index (χ0) is 74.6. The van der Waals surface area contributed by atoms with E-state index in [9.17, 15) is 67.7 Å². The number of phenolic OH excluding ortho intramolecular Hbond substituents is 1. The number of aromatic hydroxyl groups is 1. The van der Waals surface area contributed by atoms with Crippen LogP contribution < -0.4 is 76.1 Å². The number of aliphatic hydroxyl groups excluding tert-OH is 1. The largest absolute Gasteiger partial charge is 0.508 e. The predicted octanol–water partition coefficient (Wildman–Crippen LogP) is -0.716. The van der Waals surface area contributed by atoms with Gasteiger partial charge in [0.25, 0.3) is 0 Å². The summed E-state index contributed by atoms with van der Waals surface area (Å²) in [6.07, 6.45) is 2.70. The number of primary amides is 2.